The molecular weight excluding hydrogens is 334 g/mol. The molecule has 0 unspecified atom stereocenters. The Morgan fingerprint density at radius 1 is 1.23 bits per heavy atom. The standard InChI is InChI=1S/C18H15N5O3/c1-26-17(25)9-8-16(24)22-18-13(10-19)11-20-23(18)15-7-6-12-4-2-3-5-14(12)21-15/h2-7,11H,8-9H2,1H3,(H,22,24). The summed E-state index contributed by atoms with van der Waals surface area (Å²) in [6, 6.07) is 13.2. The van der Waals surface area contributed by atoms with Crippen molar-refractivity contribution in [3.8, 4) is 11.9 Å². The third-order valence-electron chi connectivity index (χ3n) is 3.73. The Bertz CT molecular complexity index is 1020. The van der Waals surface area contributed by atoms with Gasteiger partial charge in [-0.15, -0.1) is 0 Å². The molecule has 0 fully saturated rings. The number of hydrogen-bond acceptors (Lipinski definition) is 6. The number of pyridine rings is 1. The van der Waals surface area contributed by atoms with Crippen molar-refractivity contribution in [1.82, 2.24) is 14.8 Å². The van der Waals surface area contributed by atoms with Crippen LogP contribution in [0.3, 0.4) is 0 Å². The summed E-state index contributed by atoms with van der Waals surface area (Å²) in [6.45, 7) is 0. The number of fused-ring (bicyclic) bond motifs is 1. The molecular formula is C18H15N5O3. The first-order valence-electron chi connectivity index (χ1n) is 7.83. The van der Waals surface area contributed by atoms with Gasteiger partial charge in [-0.2, -0.15) is 15.0 Å². The molecule has 1 N–H and O–H groups in total. The first-order chi connectivity index (χ1) is 12.6. The fourth-order valence-electron chi connectivity index (χ4n) is 2.41. The number of hydrogen-bond donors (Lipinski definition) is 1. The first kappa shape index (κ1) is 17.1. The van der Waals surface area contributed by atoms with E-state index in [4.69, 9.17) is 0 Å². The summed E-state index contributed by atoms with van der Waals surface area (Å²) < 4.78 is 5.91. The smallest absolute Gasteiger partial charge is 0.306 e. The number of ether oxygens (including phenoxy) is 1. The number of nitrogens with one attached hydrogen (secondary N) is 1. The van der Waals surface area contributed by atoms with E-state index < -0.39 is 11.9 Å². The van der Waals surface area contributed by atoms with Crippen molar-refractivity contribution in [1.29, 1.82) is 5.26 Å². The molecule has 0 saturated heterocycles. The second-order valence-electron chi connectivity index (χ2n) is 5.42. The molecule has 0 aliphatic carbocycles. The van der Waals surface area contributed by atoms with Crippen molar-refractivity contribution in [3.63, 3.8) is 0 Å². The molecule has 8 heteroatoms. The van der Waals surface area contributed by atoms with E-state index >= 15 is 0 Å². The van der Waals surface area contributed by atoms with Crippen LogP contribution in [0.25, 0.3) is 16.7 Å². The minimum Gasteiger partial charge on any atom is -0.469 e. The van der Waals surface area contributed by atoms with Crippen LogP contribution >= 0.6 is 0 Å². The molecule has 2 aromatic heterocycles. The molecule has 0 radical (unpaired) electrons. The van der Waals surface area contributed by atoms with E-state index in [1.165, 1.54) is 18.0 Å². The first-order valence-corrected chi connectivity index (χ1v) is 7.83. The summed E-state index contributed by atoms with van der Waals surface area (Å²) in [5.74, 6) is -0.224. The van der Waals surface area contributed by atoms with Crippen LogP contribution in [0.2, 0.25) is 0 Å². The number of amides is 1. The van der Waals surface area contributed by atoms with Crippen LogP contribution in [0.5, 0.6) is 0 Å². The Morgan fingerprint density at radius 3 is 2.81 bits per heavy atom. The minimum absolute atomic E-state index is 0.0490. The Balaban J connectivity index is 1.90. The number of nitriles is 1. The highest BCUT2D eigenvalue weighted by Gasteiger charge is 2.17. The Hall–Kier alpha value is -3.73. The lowest BCUT2D eigenvalue weighted by Crippen LogP contribution is -2.17. The van der Waals surface area contributed by atoms with Crippen LogP contribution in [-0.2, 0) is 14.3 Å². The molecule has 1 aromatic carbocycles. The van der Waals surface area contributed by atoms with Crippen molar-refractivity contribution in [2.45, 2.75) is 12.8 Å². The quantitative estimate of drug-likeness (QED) is 0.707. The maximum Gasteiger partial charge on any atom is 0.306 e. The average molecular weight is 349 g/mol. The van der Waals surface area contributed by atoms with Gasteiger partial charge in [0.15, 0.2) is 11.6 Å². The number of rotatable bonds is 5. The van der Waals surface area contributed by atoms with Crippen LogP contribution < -0.4 is 5.32 Å². The third-order valence-corrected chi connectivity index (χ3v) is 3.73. The number of anilines is 1. The Morgan fingerprint density at radius 2 is 2.04 bits per heavy atom. The molecule has 0 saturated carbocycles. The van der Waals surface area contributed by atoms with Crippen molar-refractivity contribution in [2.75, 3.05) is 12.4 Å². The average Bonchev–Trinajstić information content (AvgIpc) is 3.08. The van der Waals surface area contributed by atoms with E-state index in [0.717, 1.165) is 10.9 Å². The van der Waals surface area contributed by atoms with Crippen LogP contribution in [0.4, 0.5) is 5.82 Å². The van der Waals surface area contributed by atoms with Crippen molar-refractivity contribution >= 4 is 28.6 Å². The minimum atomic E-state index is -0.481. The van der Waals surface area contributed by atoms with E-state index in [-0.39, 0.29) is 24.2 Å². The summed E-state index contributed by atoms with van der Waals surface area (Å²) in [6.07, 6.45) is 1.24. The molecule has 3 aromatic rings. The predicted octanol–water partition coefficient (Wildman–Crippen LogP) is 2.18. The summed E-state index contributed by atoms with van der Waals surface area (Å²) in [4.78, 5) is 27.8. The van der Waals surface area contributed by atoms with Gasteiger partial charge in [0.2, 0.25) is 5.91 Å². The maximum absolute atomic E-state index is 12.1. The van der Waals surface area contributed by atoms with E-state index in [1.807, 2.05) is 36.4 Å². The molecule has 0 aliphatic heterocycles. The molecule has 0 aliphatic rings. The highest BCUT2D eigenvalue weighted by Crippen LogP contribution is 2.21. The topological polar surface area (TPSA) is 110 Å². The monoisotopic (exact) mass is 349 g/mol. The van der Waals surface area contributed by atoms with Gasteiger partial charge in [0.05, 0.1) is 25.2 Å². The normalized spacial score (nSPS) is 10.3. The van der Waals surface area contributed by atoms with Gasteiger partial charge in [0.25, 0.3) is 0 Å². The predicted molar refractivity (Wildman–Crippen MR) is 93.5 cm³/mol. The van der Waals surface area contributed by atoms with E-state index in [2.05, 4.69) is 20.1 Å². The zero-order valence-electron chi connectivity index (χ0n) is 14.0. The molecule has 0 atom stereocenters. The number of nitrogens with zero attached hydrogens (tertiary/aromatic N) is 4. The van der Waals surface area contributed by atoms with E-state index in [1.54, 1.807) is 6.07 Å². The lowest BCUT2D eigenvalue weighted by atomic mass is 10.2. The van der Waals surface area contributed by atoms with Gasteiger partial charge >= 0.3 is 5.97 Å². The van der Waals surface area contributed by atoms with E-state index in [9.17, 15) is 14.9 Å². The van der Waals surface area contributed by atoms with Crippen LogP contribution in [0, 0.1) is 11.3 Å². The zero-order chi connectivity index (χ0) is 18.5. The lowest BCUT2D eigenvalue weighted by Gasteiger charge is -2.09. The second-order valence-corrected chi connectivity index (χ2v) is 5.42. The number of carbonyl (C=O) groups excluding carboxylic acids is 2. The van der Waals surface area contributed by atoms with Gasteiger partial charge in [-0.1, -0.05) is 18.2 Å². The molecule has 8 nitrogen and oxygen atoms in total. The zero-order valence-corrected chi connectivity index (χ0v) is 14.0. The van der Waals surface area contributed by atoms with Crippen molar-refractivity contribution in [2.24, 2.45) is 0 Å². The number of methoxy groups -OCH3 is 1. The molecule has 3 rings (SSSR count). The van der Waals surface area contributed by atoms with Gasteiger partial charge in [-0.05, 0) is 18.2 Å². The number of aromatic nitrogens is 3. The number of benzene rings is 1. The highest BCUT2D eigenvalue weighted by atomic mass is 16.5. The van der Waals surface area contributed by atoms with Gasteiger partial charge in [-0.25, -0.2) is 4.98 Å². The fourth-order valence-corrected chi connectivity index (χ4v) is 2.41. The Kier molecular flexibility index (Phi) is 4.90. The van der Waals surface area contributed by atoms with Crippen LogP contribution in [0.15, 0.2) is 42.6 Å². The summed E-state index contributed by atoms with van der Waals surface area (Å²) in [5.41, 5.74) is 0.966. The number of esters is 1. The van der Waals surface area contributed by atoms with Gasteiger partial charge in [0, 0.05) is 11.8 Å². The van der Waals surface area contributed by atoms with Crippen LogP contribution in [-0.4, -0.2) is 33.8 Å². The number of para-hydroxylation sites is 1. The molecule has 2 heterocycles. The van der Waals surface area contributed by atoms with Gasteiger partial charge < -0.3 is 10.1 Å². The lowest BCUT2D eigenvalue weighted by molar-refractivity contribution is -0.141. The van der Waals surface area contributed by atoms with Crippen molar-refractivity contribution in [3.05, 3.63) is 48.2 Å². The van der Waals surface area contributed by atoms with Gasteiger partial charge in [-0.3, -0.25) is 9.59 Å². The molecule has 0 bridgehead atoms. The molecule has 1 amide bonds. The molecule has 26 heavy (non-hydrogen) atoms. The third kappa shape index (κ3) is 3.52. The fraction of sp³-hybridized carbons (Fsp3) is 0.167. The van der Waals surface area contributed by atoms with Crippen molar-refractivity contribution < 1.29 is 14.3 Å². The summed E-state index contributed by atoms with van der Waals surface area (Å²) >= 11 is 0. The largest absolute Gasteiger partial charge is 0.469 e. The Labute approximate surface area is 149 Å². The van der Waals surface area contributed by atoms with Gasteiger partial charge in [0.1, 0.15) is 11.6 Å². The van der Waals surface area contributed by atoms with Crippen LogP contribution in [0.1, 0.15) is 18.4 Å². The molecule has 0 spiro atoms. The summed E-state index contributed by atoms with van der Waals surface area (Å²) in [5, 5.41) is 17.0. The SMILES string of the molecule is COC(=O)CCC(=O)Nc1c(C#N)cnn1-c1ccc2ccccc2n1. The molecule has 130 valence electrons. The maximum atomic E-state index is 12.1. The number of carbonyl (C=O) groups is 2. The van der Waals surface area contributed by atoms with E-state index in [0.29, 0.717) is 5.82 Å². The highest BCUT2D eigenvalue weighted by molar-refractivity contribution is 5.93. The summed E-state index contributed by atoms with van der Waals surface area (Å²) in [7, 11) is 1.26. The second kappa shape index (κ2) is 7.44.